The van der Waals surface area contributed by atoms with Gasteiger partial charge in [-0.2, -0.15) is 31.4 Å². The molecule has 6 rings (SSSR count). The maximum atomic E-state index is 14.4. The van der Waals surface area contributed by atoms with Crippen LogP contribution in [0.3, 0.4) is 0 Å². The first kappa shape index (κ1) is 42.1. The molecule has 55 heavy (non-hydrogen) atoms. The second-order valence-corrected chi connectivity index (χ2v) is 15.0. The molecule has 0 radical (unpaired) electrons. The SMILES string of the molecule is CCCCC1CN(CC2CCCCC2)C(=O)OC12CCN(C1CCN(C(=O)c3cnn(-c4ccccc4OC)c3C(F)(F)F)CC1)CC2.O=C(O)C(F)(F)F. The van der Waals surface area contributed by atoms with Crippen LogP contribution in [0.5, 0.6) is 5.75 Å². The van der Waals surface area contributed by atoms with Crippen LogP contribution in [0.1, 0.15) is 100 Å². The van der Waals surface area contributed by atoms with E-state index < -0.39 is 41.1 Å². The Kier molecular flexibility index (Phi) is 13.7. The second kappa shape index (κ2) is 17.8. The number of benzene rings is 1. The van der Waals surface area contributed by atoms with Crippen LogP contribution in [0, 0.1) is 11.8 Å². The van der Waals surface area contributed by atoms with Gasteiger partial charge in [0.2, 0.25) is 0 Å². The van der Waals surface area contributed by atoms with Crippen molar-refractivity contribution in [2.45, 2.75) is 108 Å². The summed E-state index contributed by atoms with van der Waals surface area (Å²) in [5, 5.41) is 11.1. The van der Waals surface area contributed by atoms with Gasteiger partial charge >= 0.3 is 24.4 Å². The van der Waals surface area contributed by atoms with Gasteiger partial charge in [0.15, 0.2) is 5.69 Å². The zero-order valence-electron chi connectivity index (χ0n) is 31.3. The standard InChI is InChI=1S/C36H50F3N5O4.C2HF3O2/c1-3-4-12-27-25-43(24-26-10-6-5-7-11-26)34(46)48-35(27)17-21-41(22-18-35)28-15-19-42(20-16-28)33(45)29-23-40-44(32(29)36(37,38)39)30-13-8-9-14-31(30)47-2;3-2(4,5)1(6)7/h8-9,13-14,23,26-28H,3-7,10-12,15-22,24-25H2,1-2H3;(H,6,7). The minimum absolute atomic E-state index is 0.116. The van der Waals surface area contributed by atoms with Gasteiger partial charge in [0.05, 0.1) is 18.9 Å². The molecule has 1 aromatic heterocycles. The summed E-state index contributed by atoms with van der Waals surface area (Å²) in [5.41, 5.74) is -1.87. The van der Waals surface area contributed by atoms with Crippen molar-refractivity contribution in [2.75, 3.05) is 46.4 Å². The summed E-state index contributed by atoms with van der Waals surface area (Å²) in [4.78, 5) is 41.7. The number of carbonyl (C=O) groups excluding carboxylic acids is 2. The number of amides is 2. The lowest BCUT2D eigenvalue weighted by Crippen LogP contribution is -2.61. The van der Waals surface area contributed by atoms with Crippen molar-refractivity contribution in [3.63, 3.8) is 0 Å². The molecule has 1 spiro atoms. The third-order valence-corrected chi connectivity index (χ3v) is 11.6. The summed E-state index contributed by atoms with van der Waals surface area (Å²) >= 11 is 0. The number of halogens is 6. The summed E-state index contributed by atoms with van der Waals surface area (Å²) in [6.07, 6.45) is 3.40. The zero-order chi connectivity index (χ0) is 40.0. The highest BCUT2D eigenvalue weighted by Gasteiger charge is 2.50. The van der Waals surface area contributed by atoms with Crippen LogP contribution in [0.4, 0.5) is 31.1 Å². The monoisotopic (exact) mass is 787 g/mol. The largest absolute Gasteiger partial charge is 0.494 e. The smallest absolute Gasteiger partial charge is 0.490 e. The first-order valence-corrected chi connectivity index (χ1v) is 19.2. The van der Waals surface area contributed by atoms with Gasteiger partial charge < -0.3 is 24.4 Å². The topological polar surface area (TPSA) is 117 Å². The van der Waals surface area contributed by atoms with Crippen LogP contribution < -0.4 is 4.74 Å². The van der Waals surface area contributed by atoms with Gasteiger partial charge in [-0.3, -0.25) is 9.69 Å². The number of para-hydroxylation sites is 2. The number of alkyl halides is 6. The molecule has 1 aromatic carbocycles. The molecule has 3 saturated heterocycles. The maximum Gasteiger partial charge on any atom is 0.490 e. The van der Waals surface area contributed by atoms with E-state index in [4.69, 9.17) is 19.4 Å². The molecule has 4 heterocycles. The lowest BCUT2D eigenvalue weighted by Gasteiger charge is -2.52. The van der Waals surface area contributed by atoms with Crippen LogP contribution in [-0.2, 0) is 15.7 Å². The lowest BCUT2D eigenvalue weighted by molar-refractivity contribution is -0.192. The molecule has 17 heteroatoms. The number of nitrogens with zero attached hydrogens (tertiary/aromatic N) is 5. The summed E-state index contributed by atoms with van der Waals surface area (Å²) in [7, 11) is 1.38. The number of carbonyl (C=O) groups is 3. The number of piperidine rings is 2. The van der Waals surface area contributed by atoms with Crippen molar-refractivity contribution in [3.8, 4) is 11.4 Å². The van der Waals surface area contributed by atoms with Gasteiger partial charge in [0.1, 0.15) is 17.0 Å². The average molecular weight is 788 g/mol. The average Bonchev–Trinajstić information content (AvgIpc) is 3.62. The van der Waals surface area contributed by atoms with Crippen LogP contribution in [-0.4, -0.2) is 112 Å². The van der Waals surface area contributed by atoms with Crippen molar-refractivity contribution in [1.82, 2.24) is 24.5 Å². The fourth-order valence-electron chi connectivity index (χ4n) is 8.61. The molecule has 1 saturated carbocycles. The van der Waals surface area contributed by atoms with E-state index in [-0.39, 0.29) is 23.6 Å². The maximum absolute atomic E-state index is 14.4. The number of unbranched alkanes of at least 4 members (excludes halogenated alkanes) is 1. The fourth-order valence-corrected chi connectivity index (χ4v) is 8.61. The number of carboxylic acid groups (broad SMARTS) is 1. The summed E-state index contributed by atoms with van der Waals surface area (Å²) < 4.78 is 87.3. The second-order valence-electron chi connectivity index (χ2n) is 15.0. The number of hydrogen-bond acceptors (Lipinski definition) is 7. The molecular weight excluding hydrogens is 736 g/mol. The number of methoxy groups -OCH3 is 1. The Morgan fingerprint density at radius 2 is 1.62 bits per heavy atom. The molecule has 1 aliphatic carbocycles. The van der Waals surface area contributed by atoms with E-state index in [1.807, 2.05) is 4.90 Å². The van der Waals surface area contributed by atoms with Gasteiger partial charge in [0.25, 0.3) is 5.91 Å². The third kappa shape index (κ3) is 10.1. The molecule has 11 nitrogen and oxygen atoms in total. The molecule has 1 unspecified atom stereocenters. The molecule has 4 aliphatic rings. The van der Waals surface area contributed by atoms with Gasteiger partial charge in [-0.25, -0.2) is 14.3 Å². The fraction of sp³-hybridized carbons (Fsp3) is 0.684. The highest BCUT2D eigenvalue weighted by molar-refractivity contribution is 5.95. The number of likely N-dealkylation sites (tertiary alicyclic amines) is 2. The molecule has 4 fully saturated rings. The van der Waals surface area contributed by atoms with E-state index in [9.17, 15) is 35.9 Å². The number of ether oxygens (including phenoxy) is 2. The summed E-state index contributed by atoms with van der Waals surface area (Å²) in [6, 6.07) is 6.53. The van der Waals surface area contributed by atoms with E-state index >= 15 is 0 Å². The Morgan fingerprint density at radius 1 is 0.982 bits per heavy atom. The minimum Gasteiger partial charge on any atom is -0.494 e. The predicted molar refractivity (Wildman–Crippen MR) is 189 cm³/mol. The Balaban J connectivity index is 0.000000757. The van der Waals surface area contributed by atoms with Crippen LogP contribution in [0.25, 0.3) is 5.69 Å². The highest BCUT2D eigenvalue weighted by atomic mass is 19.4. The van der Waals surface area contributed by atoms with E-state index in [0.717, 1.165) is 69.2 Å². The van der Waals surface area contributed by atoms with Crippen molar-refractivity contribution in [1.29, 1.82) is 0 Å². The lowest BCUT2D eigenvalue weighted by atomic mass is 9.75. The first-order valence-electron chi connectivity index (χ1n) is 19.2. The van der Waals surface area contributed by atoms with E-state index in [1.165, 1.54) is 50.2 Å². The number of rotatable bonds is 9. The highest BCUT2D eigenvalue weighted by Crippen LogP contribution is 2.43. The molecular formula is C38H51F6N5O6. The third-order valence-electron chi connectivity index (χ3n) is 11.6. The van der Waals surface area contributed by atoms with Gasteiger partial charge in [-0.1, -0.05) is 51.2 Å². The molecule has 1 N–H and O–H groups in total. The van der Waals surface area contributed by atoms with Crippen molar-refractivity contribution >= 4 is 18.0 Å². The van der Waals surface area contributed by atoms with Crippen LogP contribution in [0.15, 0.2) is 30.5 Å². The van der Waals surface area contributed by atoms with Crippen molar-refractivity contribution in [3.05, 3.63) is 41.7 Å². The number of carboxylic acids is 1. The molecule has 1 atom stereocenters. The first-order chi connectivity index (χ1) is 26.1. The Bertz CT molecular complexity index is 1610. The van der Waals surface area contributed by atoms with Gasteiger partial charge in [0, 0.05) is 64.1 Å². The molecule has 306 valence electrons. The number of aliphatic carboxylic acids is 1. The van der Waals surface area contributed by atoms with Crippen molar-refractivity contribution < 1.29 is 55.3 Å². The minimum atomic E-state index is -5.08. The van der Waals surface area contributed by atoms with E-state index in [2.05, 4.69) is 16.9 Å². The Hall–Kier alpha value is -4.02. The normalized spacial score (nSPS) is 21.5. The van der Waals surface area contributed by atoms with Gasteiger partial charge in [-0.05, 0) is 50.2 Å². The molecule has 0 bridgehead atoms. The number of hydrogen-bond donors (Lipinski definition) is 1. The van der Waals surface area contributed by atoms with E-state index in [0.29, 0.717) is 37.8 Å². The molecule has 2 aromatic rings. The molecule has 2 amide bonds. The summed E-state index contributed by atoms with van der Waals surface area (Å²) in [6.45, 7) is 6.15. The van der Waals surface area contributed by atoms with Crippen molar-refractivity contribution in [2.24, 2.45) is 11.8 Å². The van der Waals surface area contributed by atoms with E-state index in [1.54, 1.807) is 18.2 Å². The van der Waals surface area contributed by atoms with Crippen LogP contribution >= 0.6 is 0 Å². The van der Waals surface area contributed by atoms with Gasteiger partial charge in [-0.15, -0.1) is 0 Å². The quantitative estimate of drug-likeness (QED) is 0.256. The van der Waals surface area contributed by atoms with Crippen LogP contribution in [0.2, 0.25) is 0 Å². The Morgan fingerprint density at radius 3 is 2.20 bits per heavy atom. The Labute approximate surface area is 316 Å². The number of aromatic nitrogens is 2. The molecule has 3 aliphatic heterocycles. The summed E-state index contributed by atoms with van der Waals surface area (Å²) in [5.74, 6) is -2.29. The zero-order valence-corrected chi connectivity index (χ0v) is 31.3. The predicted octanol–water partition coefficient (Wildman–Crippen LogP) is 7.81.